The van der Waals surface area contributed by atoms with Crippen LogP contribution in [0.1, 0.15) is 29.3 Å². The molecule has 5 N–H and O–H groups in total. The standard InChI is InChI=1S/C23H29N7O3/c1-2-8-30-20(24)18(21(25)32)19(31)17-14-26-23(28-22(17)30)27-16-5-3-15(4-6-16)7-9-29-10-12-33-13-11-29/h3-6,14H,2,7-13,24H2,1H3,(H2,25,32)(H,26,27,28). The lowest BCUT2D eigenvalue weighted by Gasteiger charge is -2.26. The Hall–Kier alpha value is -3.50. The molecule has 0 bridgehead atoms. The lowest BCUT2D eigenvalue weighted by atomic mass is 10.1. The van der Waals surface area contributed by atoms with Crippen LogP contribution in [0.3, 0.4) is 0 Å². The molecule has 0 atom stereocenters. The van der Waals surface area contributed by atoms with E-state index in [0.717, 1.165) is 51.4 Å². The van der Waals surface area contributed by atoms with E-state index in [1.165, 1.54) is 11.8 Å². The third kappa shape index (κ3) is 4.96. The molecule has 0 unspecified atom stereocenters. The maximum Gasteiger partial charge on any atom is 0.256 e. The number of ether oxygens (including phenoxy) is 1. The number of nitrogens with two attached hydrogens (primary N) is 2. The highest BCUT2D eigenvalue weighted by Crippen LogP contribution is 2.20. The number of hydrogen-bond acceptors (Lipinski definition) is 8. The highest BCUT2D eigenvalue weighted by atomic mass is 16.5. The molecule has 1 aliphatic heterocycles. The molecule has 0 saturated carbocycles. The van der Waals surface area contributed by atoms with Crippen molar-refractivity contribution >= 4 is 34.4 Å². The number of nitrogens with zero attached hydrogens (tertiary/aromatic N) is 4. The molecule has 2 aromatic heterocycles. The van der Waals surface area contributed by atoms with Gasteiger partial charge < -0.3 is 26.1 Å². The summed E-state index contributed by atoms with van der Waals surface area (Å²) in [5.41, 5.74) is 13.1. The number of amides is 1. The number of anilines is 3. The second-order valence-corrected chi connectivity index (χ2v) is 8.06. The third-order valence-corrected chi connectivity index (χ3v) is 5.77. The Balaban J connectivity index is 1.55. The number of morpholine rings is 1. The Kier molecular flexibility index (Phi) is 6.85. The first kappa shape index (κ1) is 22.7. The van der Waals surface area contributed by atoms with E-state index in [2.05, 4.69) is 32.3 Å². The predicted molar refractivity (Wildman–Crippen MR) is 128 cm³/mol. The van der Waals surface area contributed by atoms with Gasteiger partial charge in [0.25, 0.3) is 5.91 Å². The van der Waals surface area contributed by atoms with Gasteiger partial charge in [-0.2, -0.15) is 4.98 Å². The van der Waals surface area contributed by atoms with Crippen molar-refractivity contribution in [1.82, 2.24) is 19.4 Å². The van der Waals surface area contributed by atoms with Crippen LogP contribution in [0.25, 0.3) is 11.0 Å². The molecule has 4 rings (SSSR count). The minimum absolute atomic E-state index is 0.0242. The van der Waals surface area contributed by atoms with Crippen molar-refractivity contribution in [1.29, 1.82) is 0 Å². The molecule has 10 heteroatoms. The van der Waals surface area contributed by atoms with E-state index in [9.17, 15) is 9.59 Å². The summed E-state index contributed by atoms with van der Waals surface area (Å²) in [6, 6.07) is 8.11. The highest BCUT2D eigenvalue weighted by molar-refractivity contribution is 6.00. The largest absolute Gasteiger partial charge is 0.384 e. The summed E-state index contributed by atoms with van der Waals surface area (Å²) in [6.07, 6.45) is 3.11. The van der Waals surface area contributed by atoms with Crippen LogP contribution in [0.15, 0.2) is 35.3 Å². The minimum atomic E-state index is -0.861. The van der Waals surface area contributed by atoms with Crippen LogP contribution in [-0.4, -0.2) is 58.2 Å². The summed E-state index contributed by atoms with van der Waals surface area (Å²) in [5, 5.41) is 3.38. The zero-order chi connectivity index (χ0) is 23.4. The number of aryl methyl sites for hydroxylation is 1. The Labute approximate surface area is 191 Å². The van der Waals surface area contributed by atoms with Crippen molar-refractivity contribution < 1.29 is 9.53 Å². The summed E-state index contributed by atoms with van der Waals surface area (Å²) in [6.45, 7) is 7.02. The molecule has 33 heavy (non-hydrogen) atoms. The van der Waals surface area contributed by atoms with Crippen molar-refractivity contribution in [3.05, 3.63) is 51.8 Å². The van der Waals surface area contributed by atoms with Crippen LogP contribution in [-0.2, 0) is 17.7 Å². The topological polar surface area (TPSA) is 141 Å². The Bertz CT molecular complexity index is 1200. The highest BCUT2D eigenvalue weighted by Gasteiger charge is 2.20. The number of benzene rings is 1. The lowest BCUT2D eigenvalue weighted by molar-refractivity contribution is 0.0384. The Morgan fingerprint density at radius 3 is 2.58 bits per heavy atom. The van der Waals surface area contributed by atoms with Crippen LogP contribution in [0, 0.1) is 0 Å². The molecule has 1 aromatic carbocycles. The average molecular weight is 452 g/mol. The van der Waals surface area contributed by atoms with E-state index in [1.54, 1.807) is 4.57 Å². The van der Waals surface area contributed by atoms with Gasteiger partial charge in [-0.15, -0.1) is 0 Å². The molecule has 3 aromatic rings. The van der Waals surface area contributed by atoms with Crippen molar-refractivity contribution in [2.45, 2.75) is 26.3 Å². The van der Waals surface area contributed by atoms with Gasteiger partial charge in [0, 0.05) is 38.1 Å². The molecular formula is C23H29N7O3. The van der Waals surface area contributed by atoms with Crippen LogP contribution in [0.4, 0.5) is 17.5 Å². The molecule has 0 radical (unpaired) electrons. The molecular weight excluding hydrogens is 422 g/mol. The predicted octanol–water partition coefficient (Wildman–Crippen LogP) is 1.50. The van der Waals surface area contributed by atoms with Gasteiger partial charge in [-0.25, -0.2) is 4.98 Å². The van der Waals surface area contributed by atoms with E-state index in [1.807, 2.05) is 19.1 Å². The monoisotopic (exact) mass is 451 g/mol. The molecule has 1 saturated heterocycles. The van der Waals surface area contributed by atoms with Crippen molar-refractivity contribution in [3.63, 3.8) is 0 Å². The molecule has 0 aliphatic carbocycles. The van der Waals surface area contributed by atoms with Crippen LogP contribution < -0.4 is 22.2 Å². The summed E-state index contributed by atoms with van der Waals surface area (Å²) in [4.78, 5) is 35.7. The van der Waals surface area contributed by atoms with E-state index in [-0.39, 0.29) is 16.8 Å². The zero-order valence-electron chi connectivity index (χ0n) is 18.7. The lowest BCUT2D eigenvalue weighted by Crippen LogP contribution is -2.37. The van der Waals surface area contributed by atoms with Crippen molar-refractivity contribution in [2.24, 2.45) is 5.73 Å². The smallest absolute Gasteiger partial charge is 0.256 e. The molecule has 1 amide bonds. The first-order chi connectivity index (χ1) is 16.0. The van der Waals surface area contributed by atoms with Crippen molar-refractivity contribution in [3.8, 4) is 0 Å². The van der Waals surface area contributed by atoms with Gasteiger partial charge in [-0.05, 0) is 30.5 Å². The number of fused-ring (bicyclic) bond motifs is 1. The number of aromatic nitrogens is 3. The number of carbonyl (C=O) groups excluding carboxylic acids is 1. The maximum atomic E-state index is 12.7. The van der Waals surface area contributed by atoms with Gasteiger partial charge >= 0.3 is 0 Å². The molecule has 1 fully saturated rings. The van der Waals surface area contributed by atoms with Gasteiger partial charge in [0.2, 0.25) is 11.4 Å². The number of nitrogens with one attached hydrogen (secondary N) is 1. The van der Waals surface area contributed by atoms with Crippen molar-refractivity contribution in [2.75, 3.05) is 43.9 Å². The second-order valence-electron chi connectivity index (χ2n) is 8.06. The first-order valence-corrected chi connectivity index (χ1v) is 11.1. The Morgan fingerprint density at radius 2 is 1.91 bits per heavy atom. The maximum absolute atomic E-state index is 12.7. The SMILES string of the molecule is CCCn1c(N)c(C(N)=O)c(=O)c2cnc(Nc3ccc(CCN4CCOCC4)cc3)nc21. The number of carbonyl (C=O) groups is 1. The first-order valence-electron chi connectivity index (χ1n) is 11.1. The molecule has 0 spiro atoms. The number of pyridine rings is 1. The molecule has 10 nitrogen and oxygen atoms in total. The van der Waals surface area contributed by atoms with Gasteiger partial charge in [0.1, 0.15) is 11.4 Å². The third-order valence-electron chi connectivity index (χ3n) is 5.77. The molecule has 3 heterocycles. The fourth-order valence-electron chi connectivity index (χ4n) is 3.98. The molecule has 174 valence electrons. The average Bonchev–Trinajstić information content (AvgIpc) is 2.82. The number of nitrogen functional groups attached to an aromatic ring is 1. The van der Waals surface area contributed by atoms with Gasteiger partial charge in [-0.3, -0.25) is 14.5 Å². The minimum Gasteiger partial charge on any atom is -0.384 e. The second kappa shape index (κ2) is 9.97. The van der Waals surface area contributed by atoms with Gasteiger partial charge in [0.15, 0.2) is 5.65 Å². The van der Waals surface area contributed by atoms with E-state index in [0.29, 0.717) is 18.1 Å². The van der Waals surface area contributed by atoms with Gasteiger partial charge in [0.05, 0.1) is 18.6 Å². The van der Waals surface area contributed by atoms with E-state index in [4.69, 9.17) is 16.2 Å². The van der Waals surface area contributed by atoms with Gasteiger partial charge in [-0.1, -0.05) is 19.1 Å². The van der Waals surface area contributed by atoms with E-state index >= 15 is 0 Å². The normalized spacial score (nSPS) is 14.5. The zero-order valence-corrected chi connectivity index (χ0v) is 18.7. The van der Waals surface area contributed by atoms with E-state index < -0.39 is 11.3 Å². The van der Waals surface area contributed by atoms with Crippen LogP contribution in [0.5, 0.6) is 0 Å². The number of primary amides is 1. The van der Waals surface area contributed by atoms with Crippen LogP contribution >= 0.6 is 0 Å². The van der Waals surface area contributed by atoms with Crippen LogP contribution in [0.2, 0.25) is 0 Å². The summed E-state index contributed by atoms with van der Waals surface area (Å²) >= 11 is 0. The fourth-order valence-corrected chi connectivity index (χ4v) is 3.98. The number of hydrogen-bond donors (Lipinski definition) is 3. The summed E-state index contributed by atoms with van der Waals surface area (Å²) < 4.78 is 7.03. The molecule has 1 aliphatic rings. The number of rotatable bonds is 8. The quantitative estimate of drug-likeness (QED) is 0.468. The summed E-state index contributed by atoms with van der Waals surface area (Å²) in [5.74, 6) is -0.504. The fraction of sp³-hybridized carbons (Fsp3) is 0.391. The summed E-state index contributed by atoms with van der Waals surface area (Å²) in [7, 11) is 0. The Morgan fingerprint density at radius 1 is 1.18 bits per heavy atom.